The summed E-state index contributed by atoms with van der Waals surface area (Å²) in [6.07, 6.45) is 1.20. The van der Waals surface area contributed by atoms with E-state index < -0.39 is 0 Å². The largest absolute Gasteiger partial charge is 0.299 e. The van der Waals surface area contributed by atoms with Gasteiger partial charge in [-0.05, 0) is 6.42 Å². The molecule has 1 atom stereocenters. The monoisotopic (exact) mass is 212 g/mol. The summed E-state index contributed by atoms with van der Waals surface area (Å²) >= 11 is 0. The number of rotatable bonds is 5. The molecule has 0 rings (SSSR count). The van der Waals surface area contributed by atoms with Gasteiger partial charge in [-0.25, -0.2) is 0 Å². The third-order valence-electron chi connectivity index (χ3n) is 2.70. The van der Waals surface area contributed by atoms with E-state index in [2.05, 4.69) is 0 Å². The van der Waals surface area contributed by atoms with Gasteiger partial charge >= 0.3 is 0 Å². The van der Waals surface area contributed by atoms with Gasteiger partial charge in [-0.1, -0.05) is 41.5 Å². The Balaban J connectivity index is 4.07. The van der Waals surface area contributed by atoms with Crippen LogP contribution in [0.2, 0.25) is 0 Å². The predicted octanol–water partition coefficient (Wildman–Crippen LogP) is 3.24. The Hall–Kier alpha value is -0.660. The van der Waals surface area contributed by atoms with Crippen LogP contribution >= 0.6 is 0 Å². The maximum absolute atomic E-state index is 11.7. The first-order valence-electron chi connectivity index (χ1n) is 5.73. The minimum Gasteiger partial charge on any atom is -0.299 e. The Morgan fingerprint density at radius 1 is 1.07 bits per heavy atom. The van der Waals surface area contributed by atoms with Crippen LogP contribution in [0.15, 0.2) is 0 Å². The molecule has 0 N–H and O–H groups in total. The van der Waals surface area contributed by atoms with E-state index in [0.717, 1.165) is 0 Å². The normalized spacial score (nSPS) is 14.1. The molecule has 2 nitrogen and oxygen atoms in total. The van der Waals surface area contributed by atoms with Crippen molar-refractivity contribution < 1.29 is 9.59 Å². The van der Waals surface area contributed by atoms with Crippen LogP contribution in [-0.4, -0.2) is 11.6 Å². The molecule has 0 saturated carbocycles. The Bertz CT molecular complexity index is 233. The molecule has 0 aliphatic rings. The second kappa shape index (κ2) is 5.43. The quantitative estimate of drug-likeness (QED) is 0.701. The summed E-state index contributed by atoms with van der Waals surface area (Å²) in [6, 6.07) is 0. The number of ketones is 2. The van der Waals surface area contributed by atoms with E-state index in [-0.39, 0.29) is 28.8 Å². The van der Waals surface area contributed by atoms with E-state index in [1.807, 2.05) is 41.5 Å². The van der Waals surface area contributed by atoms with Crippen LogP contribution in [0.25, 0.3) is 0 Å². The van der Waals surface area contributed by atoms with Gasteiger partial charge in [0.05, 0.1) is 0 Å². The molecule has 0 bridgehead atoms. The molecule has 2 heteroatoms. The molecule has 0 aliphatic carbocycles. The van der Waals surface area contributed by atoms with Gasteiger partial charge in [0.1, 0.15) is 11.6 Å². The lowest BCUT2D eigenvalue weighted by Gasteiger charge is -2.18. The zero-order chi connectivity index (χ0) is 12.2. The van der Waals surface area contributed by atoms with E-state index in [0.29, 0.717) is 12.8 Å². The number of hydrogen-bond acceptors (Lipinski definition) is 2. The van der Waals surface area contributed by atoms with Crippen molar-refractivity contribution in [2.24, 2.45) is 17.3 Å². The molecule has 0 fully saturated rings. The smallest absolute Gasteiger partial charge is 0.138 e. The fourth-order valence-electron chi connectivity index (χ4n) is 1.43. The number of hydrogen-bond donors (Lipinski definition) is 0. The zero-order valence-electron chi connectivity index (χ0n) is 10.9. The molecule has 0 spiro atoms. The number of Topliss-reactive ketones (excluding diaryl/α,β-unsaturated/α-hetero) is 2. The summed E-state index contributed by atoms with van der Waals surface area (Å²) in [6.45, 7) is 11.5. The fourth-order valence-corrected chi connectivity index (χ4v) is 1.43. The summed E-state index contributed by atoms with van der Waals surface area (Å²) in [5.41, 5.74) is -0.277. The Kier molecular flexibility index (Phi) is 5.19. The SMILES string of the molecule is CC(C)C(=O)C(C)CCC(=O)C(C)(C)C. The van der Waals surface area contributed by atoms with Crippen LogP contribution in [-0.2, 0) is 9.59 Å². The molecule has 0 aliphatic heterocycles. The highest BCUT2D eigenvalue weighted by Gasteiger charge is 2.23. The van der Waals surface area contributed by atoms with E-state index in [9.17, 15) is 9.59 Å². The standard InChI is InChI=1S/C13H24O2/c1-9(2)12(15)10(3)7-8-11(14)13(4,5)6/h9-10H,7-8H2,1-6H3. The van der Waals surface area contributed by atoms with Crippen molar-refractivity contribution in [2.75, 3.05) is 0 Å². The highest BCUT2D eigenvalue weighted by molar-refractivity contribution is 5.85. The van der Waals surface area contributed by atoms with E-state index in [1.165, 1.54) is 0 Å². The summed E-state index contributed by atoms with van der Waals surface area (Å²) in [4.78, 5) is 23.2. The van der Waals surface area contributed by atoms with Gasteiger partial charge < -0.3 is 0 Å². The summed E-state index contributed by atoms with van der Waals surface area (Å²) in [5.74, 6) is 0.587. The Labute approximate surface area is 93.4 Å². The molecule has 0 aromatic heterocycles. The molecule has 0 amide bonds. The molecular formula is C13H24O2. The Morgan fingerprint density at radius 3 is 1.87 bits per heavy atom. The predicted molar refractivity (Wildman–Crippen MR) is 62.7 cm³/mol. The van der Waals surface area contributed by atoms with Crippen molar-refractivity contribution in [1.29, 1.82) is 0 Å². The molecule has 0 radical (unpaired) electrons. The van der Waals surface area contributed by atoms with Gasteiger partial charge in [-0.2, -0.15) is 0 Å². The van der Waals surface area contributed by atoms with Gasteiger partial charge in [0.15, 0.2) is 0 Å². The van der Waals surface area contributed by atoms with Crippen LogP contribution < -0.4 is 0 Å². The summed E-state index contributed by atoms with van der Waals surface area (Å²) in [7, 11) is 0. The average molecular weight is 212 g/mol. The molecule has 0 saturated heterocycles. The van der Waals surface area contributed by atoms with Crippen molar-refractivity contribution in [1.82, 2.24) is 0 Å². The van der Waals surface area contributed by atoms with Crippen molar-refractivity contribution >= 4 is 11.6 Å². The van der Waals surface area contributed by atoms with Crippen LogP contribution in [0.3, 0.4) is 0 Å². The minimum atomic E-state index is -0.277. The molecule has 0 heterocycles. The van der Waals surface area contributed by atoms with Crippen molar-refractivity contribution in [3.05, 3.63) is 0 Å². The molecule has 0 aromatic carbocycles. The van der Waals surface area contributed by atoms with Crippen molar-refractivity contribution in [2.45, 2.75) is 54.4 Å². The second-order valence-electron chi connectivity index (χ2n) is 5.67. The van der Waals surface area contributed by atoms with Crippen LogP contribution in [0.1, 0.15) is 54.4 Å². The first kappa shape index (κ1) is 14.3. The maximum Gasteiger partial charge on any atom is 0.138 e. The molecule has 88 valence electrons. The second-order valence-corrected chi connectivity index (χ2v) is 5.67. The van der Waals surface area contributed by atoms with Crippen LogP contribution in [0, 0.1) is 17.3 Å². The highest BCUT2D eigenvalue weighted by Crippen LogP contribution is 2.20. The highest BCUT2D eigenvalue weighted by atomic mass is 16.1. The number of carbonyl (C=O) groups excluding carboxylic acids is 2. The first-order valence-corrected chi connectivity index (χ1v) is 5.73. The van der Waals surface area contributed by atoms with Gasteiger partial charge in [0, 0.05) is 23.7 Å². The van der Waals surface area contributed by atoms with Crippen LogP contribution in [0.4, 0.5) is 0 Å². The van der Waals surface area contributed by atoms with Crippen LogP contribution in [0.5, 0.6) is 0 Å². The fraction of sp³-hybridized carbons (Fsp3) is 0.846. The molecule has 15 heavy (non-hydrogen) atoms. The maximum atomic E-state index is 11.7. The van der Waals surface area contributed by atoms with Crippen molar-refractivity contribution in [3.63, 3.8) is 0 Å². The lowest BCUT2D eigenvalue weighted by molar-refractivity contribution is -0.128. The van der Waals surface area contributed by atoms with Gasteiger partial charge in [-0.15, -0.1) is 0 Å². The number of carbonyl (C=O) groups is 2. The van der Waals surface area contributed by atoms with Gasteiger partial charge in [0.2, 0.25) is 0 Å². The van der Waals surface area contributed by atoms with Crippen molar-refractivity contribution in [3.8, 4) is 0 Å². The lowest BCUT2D eigenvalue weighted by atomic mass is 9.85. The molecule has 1 unspecified atom stereocenters. The first-order chi connectivity index (χ1) is 6.66. The van der Waals surface area contributed by atoms with E-state index >= 15 is 0 Å². The topological polar surface area (TPSA) is 34.1 Å². The lowest BCUT2D eigenvalue weighted by Crippen LogP contribution is -2.23. The Morgan fingerprint density at radius 2 is 1.53 bits per heavy atom. The van der Waals surface area contributed by atoms with E-state index in [1.54, 1.807) is 0 Å². The van der Waals surface area contributed by atoms with E-state index in [4.69, 9.17) is 0 Å². The summed E-state index contributed by atoms with van der Waals surface area (Å²) in [5, 5.41) is 0. The molecule has 0 aromatic rings. The summed E-state index contributed by atoms with van der Waals surface area (Å²) < 4.78 is 0. The third kappa shape index (κ3) is 5.10. The minimum absolute atomic E-state index is 0.0105. The zero-order valence-corrected chi connectivity index (χ0v) is 10.9. The van der Waals surface area contributed by atoms with Gasteiger partial charge in [-0.3, -0.25) is 9.59 Å². The third-order valence-corrected chi connectivity index (χ3v) is 2.70. The average Bonchev–Trinajstić information content (AvgIpc) is 2.10. The molecular weight excluding hydrogens is 188 g/mol. The van der Waals surface area contributed by atoms with Gasteiger partial charge in [0.25, 0.3) is 0 Å².